The molecule has 0 aromatic rings. The van der Waals surface area contributed by atoms with Gasteiger partial charge in [-0.1, -0.05) is 0 Å². The summed E-state index contributed by atoms with van der Waals surface area (Å²) in [5.74, 6) is -2.92. The molecule has 0 aromatic heterocycles. The Labute approximate surface area is 674 Å². The van der Waals surface area contributed by atoms with Gasteiger partial charge in [0.25, 0.3) is 0 Å². The molecule has 53 nitrogen and oxygen atoms in total. The Balaban J connectivity index is 1.07. The first-order valence-electron chi connectivity index (χ1n) is 37.9. The molecule has 692 valence electrons. The maximum absolute atomic E-state index is 13.2. The van der Waals surface area contributed by atoms with Crippen molar-refractivity contribution in [1.29, 1.82) is 0 Å². The topological polar surface area (TPSA) is 840 Å². The average molecular weight is 1750 g/mol. The molecule has 9 saturated heterocycles. The number of ether oxygens (including phenoxy) is 18. The minimum atomic E-state index is -2.65. The molecule has 119 heavy (non-hydrogen) atoms. The third-order valence-corrected chi connectivity index (χ3v) is 21.7. The van der Waals surface area contributed by atoms with E-state index in [0.717, 1.165) is 20.8 Å². The van der Waals surface area contributed by atoms with Crippen molar-refractivity contribution in [1.82, 2.24) is 16.0 Å². The van der Waals surface area contributed by atoms with Crippen LogP contribution >= 0.6 is 0 Å². The number of aliphatic hydroxyl groups excluding tert-OH is 29. The Morgan fingerprint density at radius 1 is 0.311 bits per heavy atom. The standard InChI is InChI=1S/C66H113N3O50/c1-15-31(81)41(91)47(97)60(105-15)102-12-20(80)32(82)52(19(5-70)67-16(2)77)114-58-29(68-17(3)78)39(89)54(26(11-76)110-58)116-64-51(101)55(117-66-57(45(95)36(86)24(9-74)109-66)118-59-30(69-18(4)79)40(90)53(25(10-75)111-59)115-62-49(99)43(93)34(84)22(7-72)107-62)38(88)28(112-64)14-104-65-56(119-63-50(100)44(94)35(85)23(8-73)108-63)46(96)37(87)27(113-65)13-103-61-48(98)42(92)33(83)21(6-71)106-61/h15,19-66,70-76,80-101H,5-14H2,1-4H3,(H,67,77)(H,68,78)(H,69,79)/t15-,19-,20+,21+,22+,23+,24+,25+,26+,27+,28+,29+,30+,31+,32+,33+,34-,35+,36+,37+,38+,39+,40+,41+,42-,43-,44-,45-,46-,47-,48-,49+,50-,51-,52+,53+,54+,55-,56-,57-,58-,59-,60+,61-,62-,63+,64-,65-,66+/m0/s1. The monoisotopic (exact) mass is 1750 g/mol. The van der Waals surface area contributed by atoms with Crippen molar-refractivity contribution >= 4 is 17.7 Å². The number of hydrogen-bond acceptors (Lipinski definition) is 50. The molecule has 9 fully saturated rings. The van der Waals surface area contributed by atoms with Gasteiger partial charge >= 0.3 is 0 Å². The van der Waals surface area contributed by atoms with Crippen LogP contribution in [0, 0.1) is 0 Å². The summed E-state index contributed by atoms with van der Waals surface area (Å²) in [6.45, 7) is -7.08. The number of carbonyl (C=O) groups is 3. The lowest BCUT2D eigenvalue weighted by atomic mass is 9.94. The van der Waals surface area contributed by atoms with Crippen LogP contribution in [0.5, 0.6) is 0 Å². The zero-order valence-electron chi connectivity index (χ0n) is 63.9. The fraction of sp³-hybridized carbons (Fsp3) is 0.955. The zero-order chi connectivity index (χ0) is 87.9. The molecular formula is C66H113N3O50. The number of rotatable bonds is 34. The van der Waals surface area contributed by atoms with Gasteiger partial charge < -0.3 is 249 Å². The van der Waals surface area contributed by atoms with Crippen molar-refractivity contribution in [2.45, 2.75) is 328 Å². The van der Waals surface area contributed by atoms with E-state index in [4.69, 9.17) is 85.3 Å². The average Bonchev–Trinajstić information content (AvgIpc) is 0.765. The van der Waals surface area contributed by atoms with Gasteiger partial charge in [-0.15, -0.1) is 0 Å². The Morgan fingerprint density at radius 2 is 0.647 bits per heavy atom. The van der Waals surface area contributed by atoms with Crippen LogP contribution in [0.25, 0.3) is 0 Å². The number of hydrogen-bond donors (Lipinski definition) is 32. The molecule has 49 atom stereocenters. The van der Waals surface area contributed by atoms with Crippen LogP contribution in [0.2, 0.25) is 0 Å². The van der Waals surface area contributed by atoms with E-state index in [2.05, 4.69) is 16.0 Å². The molecule has 9 aliphatic heterocycles. The number of nitrogens with one attached hydrogen (secondary N) is 3. The zero-order valence-corrected chi connectivity index (χ0v) is 63.9. The lowest BCUT2D eigenvalue weighted by Crippen LogP contribution is -2.70. The minimum Gasteiger partial charge on any atom is -0.394 e. The molecule has 0 bridgehead atoms. The summed E-state index contributed by atoms with van der Waals surface area (Å²) in [7, 11) is 0. The molecule has 0 unspecified atom stereocenters. The van der Waals surface area contributed by atoms with Crippen molar-refractivity contribution in [3.63, 3.8) is 0 Å². The summed E-state index contributed by atoms with van der Waals surface area (Å²) in [5.41, 5.74) is 0. The van der Waals surface area contributed by atoms with Gasteiger partial charge in [0.05, 0.1) is 78.2 Å². The van der Waals surface area contributed by atoms with Crippen molar-refractivity contribution < 1.29 is 248 Å². The summed E-state index contributed by atoms with van der Waals surface area (Å²) in [6, 6.07) is -5.86. The summed E-state index contributed by atoms with van der Waals surface area (Å²) in [5, 5.41) is 328. The van der Waals surface area contributed by atoms with E-state index in [-0.39, 0.29) is 0 Å². The maximum atomic E-state index is 13.2. The first kappa shape index (κ1) is 99.3. The quantitative estimate of drug-likeness (QED) is 0.0284. The molecule has 0 spiro atoms. The normalized spacial score (nSPS) is 47.9. The van der Waals surface area contributed by atoms with Crippen LogP contribution in [0.3, 0.4) is 0 Å². The Bertz CT molecular complexity index is 3100. The van der Waals surface area contributed by atoms with Gasteiger partial charge in [-0.2, -0.15) is 0 Å². The van der Waals surface area contributed by atoms with Gasteiger partial charge in [0.2, 0.25) is 17.7 Å². The highest BCUT2D eigenvalue weighted by Crippen LogP contribution is 2.40. The van der Waals surface area contributed by atoms with Crippen LogP contribution in [0.15, 0.2) is 0 Å². The highest BCUT2D eigenvalue weighted by Gasteiger charge is 2.61. The van der Waals surface area contributed by atoms with Gasteiger partial charge in [-0.3, -0.25) is 14.4 Å². The summed E-state index contributed by atoms with van der Waals surface area (Å²) < 4.78 is 106. The lowest BCUT2D eigenvalue weighted by Gasteiger charge is -2.51. The van der Waals surface area contributed by atoms with E-state index in [1.807, 2.05) is 0 Å². The highest BCUT2D eigenvalue weighted by molar-refractivity contribution is 5.74. The third-order valence-electron chi connectivity index (χ3n) is 21.7. The molecule has 9 aliphatic rings. The van der Waals surface area contributed by atoms with Gasteiger partial charge in [0.15, 0.2) is 56.6 Å². The number of amides is 3. The van der Waals surface area contributed by atoms with E-state index in [1.165, 1.54) is 6.92 Å². The highest BCUT2D eigenvalue weighted by atomic mass is 16.8. The second kappa shape index (κ2) is 43.8. The summed E-state index contributed by atoms with van der Waals surface area (Å²) in [6.07, 6.45) is -97.2. The van der Waals surface area contributed by atoms with Crippen molar-refractivity contribution in [2.75, 3.05) is 66.1 Å². The van der Waals surface area contributed by atoms with Crippen LogP contribution in [-0.4, -0.2) is 532 Å². The maximum Gasteiger partial charge on any atom is 0.217 e. The van der Waals surface area contributed by atoms with Crippen molar-refractivity contribution in [2.24, 2.45) is 0 Å². The van der Waals surface area contributed by atoms with Gasteiger partial charge in [-0.25, -0.2) is 0 Å². The summed E-state index contributed by atoms with van der Waals surface area (Å²) >= 11 is 0. The SMILES string of the molecule is CC(=O)N[C@H]1[C@H](O[C@@H]([C@H](O)[C@H](O)CO[C@@H]2O[C@@H](C)[C@@H](O)[C@@H](O)[C@@H]2O)[C@H](CO)NC(C)=O)O[C@H](CO)[C@@H](O[C@@H]2O[C@H](CO[C@H]3O[C@H](CO[C@H]4O[C@H](CO)[C@@H](O)[C@H](O)[C@@H]4O)[C@@H](O)[C@H](O)[C@@H]3O[C@H]3O[C@H](CO)[C@@H](O)[C@H](O)[C@@H]3O)[C@@H](O)[C@H](O[C@H]3O[C@H](CO)[C@@H](O)[C@H](O)[C@@H]3O[C@@H]3O[C@H](CO)[C@@H](O[C@@H]4O[C@H](CO)[C@H](O)[C@H](O)[C@H]4O)[C@H](O)[C@H]3NC(C)=O)[C@@H]2O)[C@@H]1O. The largest absolute Gasteiger partial charge is 0.394 e. The Hall–Kier alpha value is -3.47. The van der Waals surface area contributed by atoms with E-state index >= 15 is 0 Å². The Kier molecular flexibility index (Phi) is 36.6. The second-order valence-electron chi connectivity index (χ2n) is 30.1. The second-order valence-corrected chi connectivity index (χ2v) is 30.1. The molecule has 0 aliphatic carbocycles. The first-order valence-corrected chi connectivity index (χ1v) is 37.9. The third kappa shape index (κ3) is 22.6. The van der Waals surface area contributed by atoms with Gasteiger partial charge in [-0.05, 0) is 6.92 Å². The van der Waals surface area contributed by atoms with Crippen LogP contribution < -0.4 is 16.0 Å². The molecule has 9 heterocycles. The van der Waals surface area contributed by atoms with Gasteiger partial charge in [0, 0.05) is 20.8 Å². The van der Waals surface area contributed by atoms with E-state index in [0.29, 0.717) is 0 Å². The predicted molar refractivity (Wildman–Crippen MR) is 365 cm³/mol. The van der Waals surface area contributed by atoms with E-state index in [9.17, 15) is 162 Å². The molecule has 3 amide bonds. The Morgan fingerprint density at radius 3 is 1.11 bits per heavy atom. The molecule has 0 saturated carbocycles. The molecule has 53 heteroatoms. The van der Waals surface area contributed by atoms with Gasteiger partial charge in [0.1, 0.15) is 232 Å². The van der Waals surface area contributed by atoms with E-state index < -0.39 is 384 Å². The molecule has 9 rings (SSSR count). The van der Waals surface area contributed by atoms with Crippen molar-refractivity contribution in [3.05, 3.63) is 0 Å². The predicted octanol–water partition coefficient (Wildman–Crippen LogP) is -21.7. The minimum absolute atomic E-state index is 0.887. The van der Waals surface area contributed by atoms with Crippen LogP contribution in [0.4, 0.5) is 0 Å². The van der Waals surface area contributed by atoms with Crippen molar-refractivity contribution in [3.8, 4) is 0 Å². The first-order chi connectivity index (χ1) is 56.2. The fourth-order valence-corrected chi connectivity index (χ4v) is 14.9. The van der Waals surface area contributed by atoms with Crippen LogP contribution in [0.1, 0.15) is 27.7 Å². The summed E-state index contributed by atoms with van der Waals surface area (Å²) in [4.78, 5) is 38.8. The lowest BCUT2D eigenvalue weighted by molar-refractivity contribution is -0.399. The molecular weight excluding hydrogens is 1630 g/mol. The fourth-order valence-electron chi connectivity index (χ4n) is 14.9. The molecule has 32 N–H and O–H groups in total. The smallest absolute Gasteiger partial charge is 0.217 e. The molecule has 0 aromatic carbocycles. The molecule has 0 radical (unpaired) electrons. The number of carbonyl (C=O) groups excluding carboxylic acids is 3. The van der Waals surface area contributed by atoms with E-state index in [1.54, 1.807) is 0 Å². The van der Waals surface area contributed by atoms with Crippen LogP contribution in [-0.2, 0) is 99.6 Å². The number of aliphatic hydroxyl groups is 29.